The molecular weight excluding hydrogens is 344 g/mol. The zero-order valence-electron chi connectivity index (χ0n) is 12.0. The number of hydrogen-bond acceptors (Lipinski definition) is 2. The van der Waals surface area contributed by atoms with Gasteiger partial charge < -0.3 is 14.6 Å². The van der Waals surface area contributed by atoms with Gasteiger partial charge in [-0.15, -0.1) is 0 Å². The highest BCUT2D eigenvalue weighted by Crippen LogP contribution is 2.20. The maximum absolute atomic E-state index is 12.0. The molecule has 0 fully saturated rings. The highest BCUT2D eigenvalue weighted by molar-refractivity contribution is 9.10. The van der Waals surface area contributed by atoms with Crippen LogP contribution in [0.3, 0.4) is 0 Å². The molecule has 1 aromatic heterocycles. The minimum Gasteiger partial charge on any atom is -0.484 e. The number of carbonyl (C=O) groups is 1. The number of benzene rings is 2. The first-order valence-corrected chi connectivity index (χ1v) is 7.64. The van der Waals surface area contributed by atoms with Crippen molar-refractivity contribution in [1.29, 1.82) is 0 Å². The summed E-state index contributed by atoms with van der Waals surface area (Å²) in [5.74, 6) is 0.479. The number of nitrogens with one attached hydrogen (secondary N) is 1. The number of halogens is 1. The number of ether oxygens (including phenoxy) is 1. The lowest BCUT2D eigenvalue weighted by atomic mass is 10.2. The Morgan fingerprint density at radius 3 is 2.73 bits per heavy atom. The summed E-state index contributed by atoms with van der Waals surface area (Å²) in [6.07, 6.45) is 1.99. The molecule has 3 aromatic rings. The van der Waals surface area contributed by atoms with Gasteiger partial charge in [0.15, 0.2) is 6.61 Å². The molecule has 22 heavy (non-hydrogen) atoms. The molecule has 1 N–H and O–H groups in total. The second-order valence-corrected chi connectivity index (χ2v) is 5.91. The Kier molecular flexibility index (Phi) is 4.15. The van der Waals surface area contributed by atoms with Crippen LogP contribution in [0.1, 0.15) is 0 Å². The third kappa shape index (κ3) is 3.31. The molecule has 0 spiro atoms. The molecule has 0 radical (unpaired) electrons. The van der Waals surface area contributed by atoms with Crippen LogP contribution in [0.15, 0.2) is 59.2 Å². The second kappa shape index (κ2) is 6.23. The maximum atomic E-state index is 12.0. The molecule has 0 unspecified atom stereocenters. The molecule has 0 bridgehead atoms. The summed E-state index contributed by atoms with van der Waals surface area (Å²) in [7, 11) is 1.98. The Morgan fingerprint density at radius 2 is 1.95 bits per heavy atom. The van der Waals surface area contributed by atoms with E-state index in [1.807, 2.05) is 66.3 Å². The fourth-order valence-corrected chi connectivity index (χ4v) is 2.48. The molecule has 0 saturated carbocycles. The average Bonchev–Trinajstić information content (AvgIpc) is 2.88. The van der Waals surface area contributed by atoms with Crippen LogP contribution in [-0.4, -0.2) is 17.1 Å². The zero-order valence-corrected chi connectivity index (χ0v) is 13.6. The first-order chi connectivity index (χ1) is 10.6. The van der Waals surface area contributed by atoms with Crippen LogP contribution in [0.2, 0.25) is 0 Å². The quantitative estimate of drug-likeness (QED) is 0.766. The lowest BCUT2D eigenvalue weighted by Crippen LogP contribution is -2.20. The fourth-order valence-electron chi connectivity index (χ4n) is 2.22. The second-order valence-electron chi connectivity index (χ2n) is 4.99. The molecule has 1 amide bonds. The number of rotatable bonds is 4. The summed E-state index contributed by atoms with van der Waals surface area (Å²) >= 11 is 3.36. The predicted molar refractivity (Wildman–Crippen MR) is 91.2 cm³/mol. The van der Waals surface area contributed by atoms with E-state index < -0.39 is 0 Å². The van der Waals surface area contributed by atoms with Gasteiger partial charge in [-0.3, -0.25) is 4.79 Å². The largest absolute Gasteiger partial charge is 0.484 e. The number of hydrogen-bond donors (Lipinski definition) is 1. The minimum absolute atomic E-state index is 0.0210. The Labute approximate surface area is 136 Å². The Bertz CT molecular complexity index is 809. The molecule has 5 heteroatoms. The van der Waals surface area contributed by atoms with E-state index in [1.165, 1.54) is 0 Å². The number of nitrogens with zero attached hydrogens (tertiary/aromatic N) is 1. The Morgan fingerprint density at radius 1 is 1.18 bits per heavy atom. The van der Waals surface area contributed by atoms with Gasteiger partial charge in [0.05, 0.1) is 0 Å². The van der Waals surface area contributed by atoms with Crippen molar-refractivity contribution in [3.05, 3.63) is 59.2 Å². The number of aryl methyl sites for hydroxylation is 1. The lowest BCUT2D eigenvalue weighted by molar-refractivity contribution is -0.118. The molecule has 0 aliphatic heterocycles. The van der Waals surface area contributed by atoms with Gasteiger partial charge in [-0.2, -0.15) is 0 Å². The summed E-state index contributed by atoms with van der Waals surface area (Å²) in [5, 5.41) is 3.99. The van der Waals surface area contributed by atoms with E-state index in [-0.39, 0.29) is 12.5 Å². The number of aromatic nitrogens is 1. The number of anilines is 1. The monoisotopic (exact) mass is 358 g/mol. The van der Waals surface area contributed by atoms with Gasteiger partial charge in [0.1, 0.15) is 5.75 Å². The Hall–Kier alpha value is -2.27. The number of carbonyl (C=O) groups excluding carboxylic acids is 1. The standard InChI is InChI=1S/C17H15BrN2O2/c1-20-9-8-12-2-5-14(10-16(12)20)19-17(21)11-22-15-6-3-13(18)4-7-15/h2-10H,11H2,1H3,(H,19,21). The number of fused-ring (bicyclic) bond motifs is 1. The van der Waals surface area contributed by atoms with Crippen LogP contribution < -0.4 is 10.1 Å². The van der Waals surface area contributed by atoms with Gasteiger partial charge in [-0.05, 0) is 47.9 Å². The first-order valence-electron chi connectivity index (χ1n) is 6.85. The Balaban J connectivity index is 1.62. The van der Waals surface area contributed by atoms with Crippen LogP contribution >= 0.6 is 15.9 Å². The SMILES string of the molecule is Cn1ccc2ccc(NC(=O)COc3ccc(Br)cc3)cc21. The molecule has 0 aliphatic rings. The van der Waals surface area contributed by atoms with E-state index in [9.17, 15) is 4.79 Å². The van der Waals surface area contributed by atoms with E-state index in [1.54, 1.807) is 0 Å². The van der Waals surface area contributed by atoms with Gasteiger partial charge in [0, 0.05) is 28.9 Å². The fraction of sp³-hybridized carbons (Fsp3) is 0.118. The summed E-state index contributed by atoms with van der Waals surface area (Å²) in [6, 6.07) is 15.2. The van der Waals surface area contributed by atoms with Crippen molar-refractivity contribution in [2.75, 3.05) is 11.9 Å². The third-order valence-electron chi connectivity index (χ3n) is 3.36. The van der Waals surface area contributed by atoms with Crippen LogP contribution in [0.4, 0.5) is 5.69 Å². The molecule has 2 aromatic carbocycles. The molecule has 0 aliphatic carbocycles. The lowest BCUT2D eigenvalue weighted by Gasteiger charge is -2.08. The van der Waals surface area contributed by atoms with Crippen LogP contribution in [0, 0.1) is 0 Å². The first kappa shape index (κ1) is 14.7. The van der Waals surface area contributed by atoms with E-state index >= 15 is 0 Å². The topological polar surface area (TPSA) is 43.3 Å². The summed E-state index contributed by atoms with van der Waals surface area (Å²) in [6.45, 7) is -0.0210. The maximum Gasteiger partial charge on any atom is 0.262 e. The van der Waals surface area contributed by atoms with Crippen molar-refractivity contribution in [2.24, 2.45) is 7.05 Å². The van der Waals surface area contributed by atoms with Gasteiger partial charge in [-0.1, -0.05) is 22.0 Å². The normalized spacial score (nSPS) is 10.6. The molecule has 1 heterocycles. The summed E-state index contributed by atoms with van der Waals surface area (Å²) in [4.78, 5) is 12.0. The van der Waals surface area contributed by atoms with E-state index in [0.717, 1.165) is 21.1 Å². The molecule has 3 rings (SSSR count). The third-order valence-corrected chi connectivity index (χ3v) is 3.88. The summed E-state index contributed by atoms with van der Waals surface area (Å²) in [5.41, 5.74) is 1.84. The van der Waals surface area contributed by atoms with Crippen molar-refractivity contribution in [3.8, 4) is 5.75 Å². The highest BCUT2D eigenvalue weighted by Gasteiger charge is 2.05. The van der Waals surface area contributed by atoms with Crippen LogP contribution in [0.25, 0.3) is 10.9 Å². The van der Waals surface area contributed by atoms with Crippen LogP contribution in [0.5, 0.6) is 5.75 Å². The van der Waals surface area contributed by atoms with Crippen molar-refractivity contribution in [1.82, 2.24) is 4.57 Å². The average molecular weight is 359 g/mol. The molecular formula is C17H15BrN2O2. The highest BCUT2D eigenvalue weighted by atomic mass is 79.9. The van der Waals surface area contributed by atoms with Crippen molar-refractivity contribution in [3.63, 3.8) is 0 Å². The molecule has 4 nitrogen and oxygen atoms in total. The van der Waals surface area contributed by atoms with Crippen molar-refractivity contribution < 1.29 is 9.53 Å². The smallest absolute Gasteiger partial charge is 0.262 e. The van der Waals surface area contributed by atoms with Gasteiger partial charge in [0.2, 0.25) is 0 Å². The van der Waals surface area contributed by atoms with Gasteiger partial charge >= 0.3 is 0 Å². The van der Waals surface area contributed by atoms with Crippen LogP contribution in [-0.2, 0) is 11.8 Å². The molecule has 0 saturated heterocycles. The number of amides is 1. The van der Waals surface area contributed by atoms with Gasteiger partial charge in [-0.25, -0.2) is 0 Å². The van der Waals surface area contributed by atoms with E-state index in [0.29, 0.717) is 5.75 Å². The predicted octanol–water partition coefficient (Wildman–Crippen LogP) is 3.96. The molecule has 0 atom stereocenters. The minimum atomic E-state index is -0.184. The van der Waals surface area contributed by atoms with Gasteiger partial charge in [0.25, 0.3) is 5.91 Å². The van der Waals surface area contributed by atoms with E-state index in [2.05, 4.69) is 21.2 Å². The summed E-state index contributed by atoms with van der Waals surface area (Å²) < 4.78 is 8.44. The van der Waals surface area contributed by atoms with Crippen molar-refractivity contribution >= 4 is 38.4 Å². The van der Waals surface area contributed by atoms with E-state index in [4.69, 9.17) is 4.74 Å². The molecule has 112 valence electrons. The van der Waals surface area contributed by atoms with Crippen molar-refractivity contribution in [2.45, 2.75) is 0 Å². The zero-order chi connectivity index (χ0) is 15.5.